The maximum atomic E-state index is 11.9. The SMILES string of the molecule is CN(C)C(=O)c1cc(NC(=O)CCCCl)ccc1Cl. The smallest absolute Gasteiger partial charge is 0.254 e. The zero-order valence-electron chi connectivity index (χ0n) is 10.9. The Hall–Kier alpha value is -1.26. The van der Waals surface area contributed by atoms with E-state index < -0.39 is 0 Å². The number of carbonyl (C=O) groups excluding carboxylic acids is 2. The number of hydrogen-bond acceptors (Lipinski definition) is 2. The van der Waals surface area contributed by atoms with E-state index in [-0.39, 0.29) is 11.8 Å². The average Bonchev–Trinajstić information content (AvgIpc) is 2.37. The van der Waals surface area contributed by atoms with E-state index in [1.54, 1.807) is 32.3 Å². The van der Waals surface area contributed by atoms with Gasteiger partial charge in [-0.2, -0.15) is 0 Å². The highest BCUT2D eigenvalue weighted by atomic mass is 35.5. The maximum Gasteiger partial charge on any atom is 0.254 e. The van der Waals surface area contributed by atoms with Crippen LogP contribution in [0.5, 0.6) is 0 Å². The molecule has 0 aliphatic heterocycles. The molecule has 0 heterocycles. The van der Waals surface area contributed by atoms with E-state index >= 15 is 0 Å². The molecule has 0 bridgehead atoms. The van der Waals surface area contributed by atoms with Crippen LogP contribution in [0, 0.1) is 0 Å². The van der Waals surface area contributed by atoms with Gasteiger partial charge in [-0.25, -0.2) is 0 Å². The van der Waals surface area contributed by atoms with Crippen molar-refractivity contribution >= 4 is 40.7 Å². The fourth-order valence-corrected chi connectivity index (χ4v) is 1.79. The second-order valence-corrected chi connectivity index (χ2v) is 5.02. The van der Waals surface area contributed by atoms with Crippen LogP contribution in [0.25, 0.3) is 0 Å². The highest BCUT2D eigenvalue weighted by molar-refractivity contribution is 6.34. The lowest BCUT2D eigenvalue weighted by molar-refractivity contribution is -0.116. The molecule has 6 heteroatoms. The summed E-state index contributed by atoms with van der Waals surface area (Å²) in [6, 6.07) is 4.83. The molecule has 0 atom stereocenters. The number of carbonyl (C=O) groups is 2. The lowest BCUT2D eigenvalue weighted by Gasteiger charge is -2.13. The normalized spacial score (nSPS) is 10.1. The summed E-state index contributed by atoms with van der Waals surface area (Å²) >= 11 is 11.5. The number of alkyl halides is 1. The molecule has 0 fully saturated rings. The molecule has 104 valence electrons. The van der Waals surface area contributed by atoms with Crippen LogP contribution in [0.15, 0.2) is 18.2 Å². The standard InChI is InChI=1S/C13H16Cl2N2O2/c1-17(2)13(19)10-8-9(5-6-11(10)15)16-12(18)4-3-7-14/h5-6,8H,3-4,7H2,1-2H3,(H,16,18). The van der Waals surface area contributed by atoms with Gasteiger partial charge in [-0.1, -0.05) is 11.6 Å². The minimum atomic E-state index is -0.207. The van der Waals surface area contributed by atoms with Crippen LogP contribution in [-0.4, -0.2) is 36.7 Å². The maximum absolute atomic E-state index is 11.9. The highest BCUT2D eigenvalue weighted by Gasteiger charge is 2.13. The van der Waals surface area contributed by atoms with Gasteiger partial charge in [0.2, 0.25) is 5.91 Å². The van der Waals surface area contributed by atoms with Crippen molar-refractivity contribution in [2.24, 2.45) is 0 Å². The molecule has 1 N–H and O–H groups in total. The molecular formula is C13H16Cl2N2O2. The molecule has 0 saturated heterocycles. The molecule has 2 amide bonds. The molecule has 0 unspecified atom stereocenters. The van der Waals surface area contributed by atoms with Crippen molar-refractivity contribution in [1.29, 1.82) is 0 Å². The van der Waals surface area contributed by atoms with Crippen molar-refractivity contribution in [3.8, 4) is 0 Å². The van der Waals surface area contributed by atoms with Gasteiger partial charge < -0.3 is 10.2 Å². The van der Waals surface area contributed by atoms with Gasteiger partial charge in [0.1, 0.15) is 0 Å². The van der Waals surface area contributed by atoms with E-state index in [1.807, 2.05) is 0 Å². The third-order valence-corrected chi connectivity index (χ3v) is 3.02. The predicted molar refractivity (Wildman–Crippen MR) is 78.1 cm³/mol. The Kier molecular flexibility index (Phi) is 6.12. The van der Waals surface area contributed by atoms with Crippen molar-refractivity contribution in [3.63, 3.8) is 0 Å². The zero-order chi connectivity index (χ0) is 14.4. The topological polar surface area (TPSA) is 49.4 Å². The minimum absolute atomic E-state index is 0.133. The highest BCUT2D eigenvalue weighted by Crippen LogP contribution is 2.21. The largest absolute Gasteiger partial charge is 0.345 e. The Morgan fingerprint density at radius 3 is 2.58 bits per heavy atom. The summed E-state index contributed by atoms with van der Waals surface area (Å²) in [4.78, 5) is 24.9. The number of hydrogen-bond donors (Lipinski definition) is 1. The Morgan fingerprint density at radius 2 is 2.00 bits per heavy atom. The van der Waals surface area contributed by atoms with Gasteiger partial charge in [0, 0.05) is 32.1 Å². The Morgan fingerprint density at radius 1 is 1.32 bits per heavy atom. The van der Waals surface area contributed by atoms with Crippen LogP contribution in [-0.2, 0) is 4.79 Å². The number of amides is 2. The van der Waals surface area contributed by atoms with Crippen LogP contribution >= 0.6 is 23.2 Å². The number of benzene rings is 1. The first-order valence-electron chi connectivity index (χ1n) is 5.82. The number of nitrogens with one attached hydrogen (secondary N) is 1. The van der Waals surface area contributed by atoms with Gasteiger partial charge in [0.15, 0.2) is 0 Å². The summed E-state index contributed by atoms with van der Waals surface area (Å²) in [5, 5.41) is 3.07. The van der Waals surface area contributed by atoms with Gasteiger partial charge >= 0.3 is 0 Å². The summed E-state index contributed by atoms with van der Waals surface area (Å²) in [5.41, 5.74) is 0.913. The number of nitrogens with zero attached hydrogens (tertiary/aromatic N) is 1. The minimum Gasteiger partial charge on any atom is -0.345 e. The molecule has 1 aromatic rings. The summed E-state index contributed by atoms with van der Waals surface area (Å²) in [7, 11) is 3.29. The number of rotatable bonds is 5. The molecule has 1 aromatic carbocycles. The lowest BCUT2D eigenvalue weighted by atomic mass is 10.1. The summed E-state index contributed by atoms with van der Waals surface area (Å²) < 4.78 is 0. The van der Waals surface area contributed by atoms with Crippen LogP contribution in [0.1, 0.15) is 23.2 Å². The summed E-state index contributed by atoms with van der Waals surface area (Å²) in [6.07, 6.45) is 0.966. The van der Waals surface area contributed by atoms with Crippen LogP contribution in [0.4, 0.5) is 5.69 Å². The third-order valence-electron chi connectivity index (χ3n) is 2.42. The van der Waals surface area contributed by atoms with Crippen LogP contribution in [0.3, 0.4) is 0 Å². The zero-order valence-corrected chi connectivity index (χ0v) is 12.4. The van der Waals surface area contributed by atoms with E-state index in [0.717, 1.165) is 0 Å². The number of halogens is 2. The second-order valence-electron chi connectivity index (χ2n) is 4.23. The van der Waals surface area contributed by atoms with Gasteiger partial charge in [-0.3, -0.25) is 9.59 Å². The molecule has 0 aliphatic rings. The van der Waals surface area contributed by atoms with Crippen molar-refractivity contribution in [3.05, 3.63) is 28.8 Å². The second kappa shape index (κ2) is 7.36. The van der Waals surface area contributed by atoms with Crippen LogP contribution in [0.2, 0.25) is 5.02 Å². The molecule has 4 nitrogen and oxygen atoms in total. The Bertz CT molecular complexity index is 476. The van der Waals surface area contributed by atoms with E-state index in [1.165, 1.54) is 4.90 Å². The molecular weight excluding hydrogens is 287 g/mol. The Balaban J connectivity index is 2.84. The van der Waals surface area contributed by atoms with Gasteiger partial charge in [0.25, 0.3) is 5.91 Å². The number of anilines is 1. The molecule has 0 aliphatic carbocycles. The molecule has 0 spiro atoms. The van der Waals surface area contributed by atoms with E-state index in [2.05, 4.69) is 5.32 Å². The van der Waals surface area contributed by atoms with Crippen molar-refractivity contribution in [2.45, 2.75) is 12.8 Å². The predicted octanol–water partition coefficient (Wildman–Crippen LogP) is 3.00. The molecule has 19 heavy (non-hydrogen) atoms. The van der Waals surface area contributed by atoms with E-state index in [9.17, 15) is 9.59 Å². The van der Waals surface area contributed by atoms with Crippen molar-refractivity contribution < 1.29 is 9.59 Å². The first kappa shape index (κ1) is 15.8. The van der Waals surface area contributed by atoms with Crippen LogP contribution < -0.4 is 5.32 Å². The first-order chi connectivity index (χ1) is 8.95. The first-order valence-corrected chi connectivity index (χ1v) is 6.74. The third kappa shape index (κ3) is 4.73. The molecule has 1 rings (SSSR count). The van der Waals surface area contributed by atoms with Gasteiger partial charge in [-0.15, -0.1) is 11.6 Å². The van der Waals surface area contributed by atoms with Gasteiger partial charge in [0.05, 0.1) is 10.6 Å². The van der Waals surface area contributed by atoms with Crippen molar-refractivity contribution in [2.75, 3.05) is 25.3 Å². The van der Waals surface area contributed by atoms with Crippen molar-refractivity contribution in [1.82, 2.24) is 4.90 Å². The van der Waals surface area contributed by atoms with E-state index in [0.29, 0.717) is 35.0 Å². The molecule has 0 radical (unpaired) electrons. The summed E-state index contributed by atoms with van der Waals surface area (Å²) in [5.74, 6) is 0.103. The fourth-order valence-electron chi connectivity index (χ4n) is 1.46. The monoisotopic (exact) mass is 302 g/mol. The lowest BCUT2D eigenvalue weighted by Crippen LogP contribution is -2.22. The van der Waals surface area contributed by atoms with Gasteiger partial charge in [-0.05, 0) is 24.6 Å². The molecule has 0 aromatic heterocycles. The van der Waals surface area contributed by atoms with E-state index in [4.69, 9.17) is 23.2 Å². The summed E-state index contributed by atoms with van der Waals surface area (Å²) in [6.45, 7) is 0. The molecule has 0 saturated carbocycles. The quantitative estimate of drug-likeness (QED) is 0.850. The average molecular weight is 303 g/mol. The fraction of sp³-hybridized carbons (Fsp3) is 0.385. The Labute approximate surface area is 122 Å².